The van der Waals surface area contributed by atoms with E-state index in [4.69, 9.17) is 9.47 Å². The molecule has 110 valence electrons. The number of methoxy groups -OCH3 is 1. The van der Waals surface area contributed by atoms with Crippen molar-refractivity contribution in [2.45, 2.75) is 31.8 Å². The zero-order valence-corrected chi connectivity index (χ0v) is 12.6. The van der Waals surface area contributed by atoms with Gasteiger partial charge in [-0.1, -0.05) is 30.3 Å². The molecule has 1 aromatic rings. The molecule has 1 N–H and O–H groups in total. The monoisotopic (exact) mass is 276 g/mol. The van der Waals surface area contributed by atoms with Crippen molar-refractivity contribution in [2.75, 3.05) is 26.9 Å². The molecule has 1 aromatic carbocycles. The summed E-state index contributed by atoms with van der Waals surface area (Å²) in [5.41, 5.74) is 0.272. The van der Waals surface area contributed by atoms with Gasteiger partial charge in [0.2, 0.25) is 0 Å². The van der Waals surface area contributed by atoms with E-state index in [0.29, 0.717) is 26.2 Å². The van der Waals surface area contributed by atoms with Gasteiger partial charge in [0.1, 0.15) is 5.54 Å². The first-order valence-electron chi connectivity index (χ1n) is 6.96. The van der Waals surface area contributed by atoms with E-state index >= 15 is 0 Å². The number of hydrogen-bond acceptors (Lipinski definition) is 4. The first-order chi connectivity index (χ1) is 9.64. The van der Waals surface area contributed by atoms with Crippen molar-refractivity contribution < 1.29 is 9.47 Å². The number of ether oxygens (including phenoxy) is 2. The molecule has 0 aliphatic carbocycles. The van der Waals surface area contributed by atoms with E-state index in [1.807, 2.05) is 44.2 Å². The Morgan fingerprint density at radius 3 is 2.45 bits per heavy atom. The Balaban J connectivity index is 2.76. The summed E-state index contributed by atoms with van der Waals surface area (Å²) in [6.07, 6.45) is 0.607. The van der Waals surface area contributed by atoms with Crippen LogP contribution in [0.1, 0.15) is 25.8 Å². The lowest BCUT2D eigenvalue weighted by molar-refractivity contribution is 0.0611. The van der Waals surface area contributed by atoms with Gasteiger partial charge in [0.05, 0.1) is 19.3 Å². The van der Waals surface area contributed by atoms with E-state index in [0.717, 1.165) is 5.56 Å². The Morgan fingerprint density at radius 2 is 1.90 bits per heavy atom. The van der Waals surface area contributed by atoms with E-state index in [1.54, 1.807) is 7.11 Å². The van der Waals surface area contributed by atoms with Crippen LogP contribution in [0, 0.1) is 11.3 Å². The fraction of sp³-hybridized carbons (Fsp3) is 0.562. The zero-order valence-electron chi connectivity index (χ0n) is 12.6. The van der Waals surface area contributed by atoms with Crippen LogP contribution in [0.2, 0.25) is 0 Å². The van der Waals surface area contributed by atoms with Gasteiger partial charge >= 0.3 is 0 Å². The van der Waals surface area contributed by atoms with Gasteiger partial charge in [0.15, 0.2) is 0 Å². The molecule has 1 atom stereocenters. The molecule has 0 aliphatic heterocycles. The highest BCUT2D eigenvalue weighted by atomic mass is 16.5. The molecular weight excluding hydrogens is 252 g/mol. The summed E-state index contributed by atoms with van der Waals surface area (Å²) in [4.78, 5) is 0. The van der Waals surface area contributed by atoms with Crippen LogP contribution in [-0.4, -0.2) is 33.0 Å². The molecule has 0 aliphatic rings. The van der Waals surface area contributed by atoms with Gasteiger partial charge < -0.3 is 9.47 Å². The number of benzene rings is 1. The lowest BCUT2D eigenvalue weighted by Gasteiger charge is -2.30. The average molecular weight is 276 g/mol. The smallest absolute Gasteiger partial charge is 0.134 e. The predicted octanol–water partition coefficient (Wildman–Crippen LogP) is 2.46. The van der Waals surface area contributed by atoms with Gasteiger partial charge in [-0.3, -0.25) is 5.32 Å². The maximum atomic E-state index is 9.69. The van der Waals surface area contributed by atoms with Gasteiger partial charge in [0, 0.05) is 26.2 Å². The molecule has 0 bridgehead atoms. The van der Waals surface area contributed by atoms with Gasteiger partial charge in [0.25, 0.3) is 0 Å². The highest BCUT2D eigenvalue weighted by Crippen LogP contribution is 2.25. The molecule has 0 fully saturated rings. The van der Waals surface area contributed by atoms with Crippen LogP contribution in [0.4, 0.5) is 0 Å². The van der Waals surface area contributed by atoms with Crippen LogP contribution in [0.3, 0.4) is 0 Å². The lowest BCUT2D eigenvalue weighted by atomic mass is 9.87. The third-order valence-electron chi connectivity index (χ3n) is 3.05. The number of nitriles is 1. The Kier molecular flexibility index (Phi) is 7.24. The SMILES string of the molecule is COCCOCCC(C#N)(NC(C)C)c1ccccc1. The van der Waals surface area contributed by atoms with E-state index in [2.05, 4.69) is 11.4 Å². The zero-order chi connectivity index (χ0) is 14.8. The number of nitrogens with one attached hydrogen (secondary N) is 1. The topological polar surface area (TPSA) is 54.3 Å². The Morgan fingerprint density at radius 1 is 1.20 bits per heavy atom. The molecule has 0 saturated carbocycles. The normalized spacial score (nSPS) is 13.9. The van der Waals surface area contributed by atoms with Crippen molar-refractivity contribution in [1.29, 1.82) is 5.26 Å². The first kappa shape index (κ1) is 16.6. The van der Waals surface area contributed by atoms with E-state index in [-0.39, 0.29) is 6.04 Å². The van der Waals surface area contributed by atoms with E-state index in [9.17, 15) is 5.26 Å². The second kappa shape index (κ2) is 8.70. The van der Waals surface area contributed by atoms with Crippen LogP contribution in [0.5, 0.6) is 0 Å². The molecule has 0 saturated heterocycles. The minimum absolute atomic E-state index is 0.217. The molecule has 1 rings (SSSR count). The summed E-state index contributed by atoms with van der Waals surface area (Å²) in [6, 6.07) is 12.5. The van der Waals surface area contributed by atoms with Crippen LogP contribution >= 0.6 is 0 Å². The molecule has 0 amide bonds. The quantitative estimate of drug-likeness (QED) is 0.704. The van der Waals surface area contributed by atoms with Gasteiger partial charge in [-0.15, -0.1) is 0 Å². The summed E-state index contributed by atoms with van der Waals surface area (Å²) in [7, 11) is 1.65. The maximum absolute atomic E-state index is 9.69. The molecule has 4 heteroatoms. The number of rotatable bonds is 9. The number of nitrogens with zero attached hydrogens (tertiary/aromatic N) is 1. The van der Waals surface area contributed by atoms with Gasteiger partial charge in [-0.05, 0) is 19.4 Å². The Labute approximate surface area is 121 Å². The third-order valence-corrected chi connectivity index (χ3v) is 3.05. The minimum Gasteiger partial charge on any atom is -0.382 e. The van der Waals surface area contributed by atoms with Crippen molar-refractivity contribution in [3.8, 4) is 6.07 Å². The molecule has 4 nitrogen and oxygen atoms in total. The second-order valence-electron chi connectivity index (χ2n) is 5.04. The molecule has 1 unspecified atom stereocenters. The summed E-state index contributed by atoms with van der Waals surface area (Å²) in [5, 5.41) is 13.1. The number of hydrogen-bond donors (Lipinski definition) is 1. The van der Waals surface area contributed by atoms with Gasteiger partial charge in [-0.2, -0.15) is 5.26 Å². The molecule has 0 spiro atoms. The fourth-order valence-electron chi connectivity index (χ4n) is 2.14. The first-order valence-corrected chi connectivity index (χ1v) is 6.96. The lowest BCUT2D eigenvalue weighted by Crippen LogP contribution is -2.45. The summed E-state index contributed by atoms with van der Waals surface area (Å²) >= 11 is 0. The van der Waals surface area contributed by atoms with E-state index in [1.165, 1.54) is 0 Å². The summed E-state index contributed by atoms with van der Waals surface area (Å²) < 4.78 is 10.5. The molecule has 0 radical (unpaired) electrons. The summed E-state index contributed by atoms with van der Waals surface area (Å²) in [6.45, 7) is 5.73. The standard InChI is InChI=1S/C16H24N2O2/c1-14(2)18-16(13-17,9-10-20-12-11-19-3)15-7-5-4-6-8-15/h4-8,14,18H,9-12H2,1-3H3. The molecule has 0 heterocycles. The van der Waals surface area contributed by atoms with Crippen LogP contribution in [-0.2, 0) is 15.0 Å². The highest BCUT2D eigenvalue weighted by Gasteiger charge is 2.32. The Hall–Kier alpha value is -1.41. The van der Waals surface area contributed by atoms with Crippen molar-refractivity contribution in [2.24, 2.45) is 0 Å². The van der Waals surface area contributed by atoms with Crippen molar-refractivity contribution in [3.05, 3.63) is 35.9 Å². The highest BCUT2D eigenvalue weighted by molar-refractivity contribution is 5.31. The van der Waals surface area contributed by atoms with Crippen LogP contribution in [0.25, 0.3) is 0 Å². The largest absolute Gasteiger partial charge is 0.382 e. The molecular formula is C16H24N2O2. The second-order valence-corrected chi connectivity index (χ2v) is 5.04. The third kappa shape index (κ3) is 4.93. The fourth-order valence-corrected chi connectivity index (χ4v) is 2.14. The molecule has 0 aromatic heterocycles. The van der Waals surface area contributed by atoms with Crippen LogP contribution in [0.15, 0.2) is 30.3 Å². The van der Waals surface area contributed by atoms with Gasteiger partial charge in [-0.25, -0.2) is 0 Å². The van der Waals surface area contributed by atoms with Crippen molar-refractivity contribution in [3.63, 3.8) is 0 Å². The minimum atomic E-state index is -0.706. The van der Waals surface area contributed by atoms with Crippen LogP contribution < -0.4 is 5.32 Å². The van der Waals surface area contributed by atoms with E-state index < -0.39 is 5.54 Å². The predicted molar refractivity (Wildman–Crippen MR) is 79.3 cm³/mol. The average Bonchev–Trinajstić information content (AvgIpc) is 2.46. The molecule has 20 heavy (non-hydrogen) atoms. The maximum Gasteiger partial charge on any atom is 0.134 e. The Bertz CT molecular complexity index is 414. The summed E-state index contributed by atoms with van der Waals surface area (Å²) in [5.74, 6) is 0. The van der Waals surface area contributed by atoms with Crippen molar-refractivity contribution >= 4 is 0 Å². The van der Waals surface area contributed by atoms with Crippen molar-refractivity contribution in [1.82, 2.24) is 5.32 Å².